The van der Waals surface area contributed by atoms with Crippen molar-refractivity contribution in [2.24, 2.45) is 0 Å². The molecule has 1 amide bonds. The van der Waals surface area contributed by atoms with Crippen molar-refractivity contribution in [3.63, 3.8) is 0 Å². The van der Waals surface area contributed by atoms with Gasteiger partial charge >= 0.3 is 0 Å². The monoisotopic (exact) mass is 755 g/mol. The summed E-state index contributed by atoms with van der Waals surface area (Å²) in [6.45, 7) is 2.65. The summed E-state index contributed by atoms with van der Waals surface area (Å²) in [7, 11) is 5.06. The minimum Gasteiger partial charge on any atom is -0.493 e. The number of aldehydes is 1. The van der Waals surface area contributed by atoms with Crippen LogP contribution in [0.2, 0.25) is 0 Å². The minimum atomic E-state index is -0.464. The van der Waals surface area contributed by atoms with Gasteiger partial charge in [-0.1, -0.05) is 30.3 Å². The Morgan fingerprint density at radius 1 is 0.875 bits per heavy atom. The number of methoxy groups -OCH3 is 2. The molecule has 0 fully saturated rings. The van der Waals surface area contributed by atoms with Gasteiger partial charge in [-0.15, -0.1) is 0 Å². The maximum Gasteiger partial charge on any atom is 0.270 e. The van der Waals surface area contributed by atoms with Crippen LogP contribution in [0.15, 0.2) is 84.9 Å². The molecule has 1 unspecified atom stereocenters. The first-order chi connectivity index (χ1) is 27.1. The first kappa shape index (κ1) is 36.2. The molecule has 8 rings (SSSR count). The van der Waals surface area contributed by atoms with Crippen LogP contribution in [0.25, 0.3) is 0 Å². The highest BCUT2D eigenvalue weighted by atomic mass is 16.6. The molecule has 56 heavy (non-hydrogen) atoms. The molecule has 3 heterocycles. The number of benzene rings is 5. The maximum atomic E-state index is 13.6. The molecule has 0 spiro atoms. The highest BCUT2D eigenvalue weighted by molar-refractivity contribution is 6.13. The molecular weight excluding hydrogens is 714 g/mol. The van der Waals surface area contributed by atoms with Crippen molar-refractivity contribution >= 4 is 40.6 Å². The fourth-order valence-corrected chi connectivity index (χ4v) is 7.92. The third-order valence-corrected chi connectivity index (χ3v) is 10.8. The van der Waals surface area contributed by atoms with E-state index in [1.54, 1.807) is 35.2 Å². The molecule has 5 aromatic carbocycles. The number of non-ortho nitro benzene ring substituents is 1. The molecule has 13 nitrogen and oxygen atoms in total. The Kier molecular flexibility index (Phi) is 9.59. The standard InChI is InChI=1S/C43H41N5O8/c1-25-8-7-11-37-32(25)17-31(46(37)2)21-44-34-19-40(38(53-3)15-29(34)22-49)55-23-26-12-27(14-30(13-26)48(51)52)24-56-41-20-35-33(18-39(41)54-4)43(50)47-36-10-6-5-9-28(36)16-42(47)45-35/h5-15,18-20,22,31,42,44-45H,16-17,21,23-24H2,1-4H3/t31?,42-/m0/s1. The lowest BCUT2D eigenvalue weighted by Crippen LogP contribution is -2.46. The van der Waals surface area contributed by atoms with Crippen molar-refractivity contribution in [3.05, 3.63) is 134 Å². The second-order valence-corrected chi connectivity index (χ2v) is 14.2. The fourth-order valence-electron chi connectivity index (χ4n) is 7.92. The van der Waals surface area contributed by atoms with Gasteiger partial charge in [0.25, 0.3) is 11.6 Å². The van der Waals surface area contributed by atoms with Gasteiger partial charge in [-0.2, -0.15) is 0 Å². The number of nitrogens with zero attached hydrogens (tertiary/aromatic N) is 3. The normalized spacial score (nSPS) is 16.2. The third kappa shape index (κ3) is 6.65. The lowest BCUT2D eigenvalue weighted by atomic mass is 10.0. The van der Waals surface area contributed by atoms with Crippen molar-refractivity contribution in [2.75, 3.05) is 48.2 Å². The second kappa shape index (κ2) is 14.8. The maximum absolute atomic E-state index is 13.6. The van der Waals surface area contributed by atoms with Crippen LogP contribution in [0.5, 0.6) is 23.0 Å². The average molecular weight is 756 g/mol. The molecule has 0 radical (unpaired) electrons. The van der Waals surface area contributed by atoms with E-state index >= 15 is 0 Å². The zero-order valence-electron chi connectivity index (χ0n) is 31.5. The molecule has 0 saturated carbocycles. The van der Waals surface area contributed by atoms with Gasteiger partial charge in [-0.05, 0) is 71.5 Å². The number of nitro groups is 1. The van der Waals surface area contributed by atoms with Crippen LogP contribution in [0.1, 0.15) is 48.5 Å². The van der Waals surface area contributed by atoms with Gasteiger partial charge < -0.3 is 34.5 Å². The lowest BCUT2D eigenvalue weighted by Gasteiger charge is -2.33. The first-order valence-electron chi connectivity index (χ1n) is 18.3. The van der Waals surface area contributed by atoms with E-state index in [0.717, 1.165) is 24.0 Å². The molecule has 2 N–H and O–H groups in total. The Bertz CT molecular complexity index is 2380. The quantitative estimate of drug-likeness (QED) is 0.0709. The number of aryl methyl sites for hydroxylation is 1. The summed E-state index contributed by atoms with van der Waals surface area (Å²) in [6.07, 6.45) is 2.08. The summed E-state index contributed by atoms with van der Waals surface area (Å²) in [5, 5.41) is 18.9. The topological polar surface area (TPSA) is 145 Å². The smallest absolute Gasteiger partial charge is 0.270 e. The van der Waals surface area contributed by atoms with Gasteiger partial charge in [0, 0.05) is 66.9 Å². The summed E-state index contributed by atoms with van der Waals surface area (Å²) in [6, 6.07) is 25.7. The summed E-state index contributed by atoms with van der Waals surface area (Å²) in [5.74, 6) is 1.32. The first-order valence-corrected chi connectivity index (χ1v) is 18.3. The molecule has 0 aliphatic carbocycles. The average Bonchev–Trinajstić information content (AvgIpc) is 3.75. The second-order valence-electron chi connectivity index (χ2n) is 14.2. The minimum absolute atomic E-state index is 0.0246. The highest BCUT2D eigenvalue weighted by Gasteiger charge is 2.39. The lowest BCUT2D eigenvalue weighted by molar-refractivity contribution is -0.385. The Hall–Kier alpha value is -6.76. The van der Waals surface area contributed by atoms with Crippen molar-refractivity contribution in [3.8, 4) is 23.0 Å². The van der Waals surface area contributed by atoms with Crippen LogP contribution < -0.4 is 39.4 Å². The Morgan fingerprint density at radius 3 is 2.27 bits per heavy atom. The number of para-hydroxylation sites is 1. The predicted octanol–water partition coefficient (Wildman–Crippen LogP) is 7.32. The number of rotatable bonds is 13. The number of carbonyl (C=O) groups excluding carboxylic acids is 2. The SMILES string of the molecule is COc1cc(C=O)c(NCC2Cc3c(C)cccc3N2C)cc1OCc1cc(COc2cc3c(cc2OC)C(=O)N2c4ccccc4C[C@H]2N3)cc([N+](=O)[O-])c1. The molecule has 5 aromatic rings. The molecule has 13 heteroatoms. The largest absolute Gasteiger partial charge is 0.493 e. The summed E-state index contributed by atoms with van der Waals surface area (Å²) < 4.78 is 23.6. The fraction of sp³-hybridized carbons (Fsp3) is 0.256. The number of likely N-dealkylation sites (N-methyl/N-ethyl adjacent to an activating group) is 1. The van der Waals surface area contributed by atoms with E-state index in [2.05, 4.69) is 47.7 Å². The van der Waals surface area contributed by atoms with Gasteiger partial charge in [0.15, 0.2) is 29.3 Å². The van der Waals surface area contributed by atoms with E-state index in [0.29, 0.717) is 69.6 Å². The number of anilines is 4. The number of nitrogens with one attached hydrogen (secondary N) is 2. The third-order valence-electron chi connectivity index (χ3n) is 10.8. The number of carbonyl (C=O) groups is 2. The number of ether oxygens (including phenoxy) is 4. The van der Waals surface area contributed by atoms with Crippen LogP contribution in [0, 0.1) is 17.0 Å². The van der Waals surface area contributed by atoms with Crippen molar-refractivity contribution < 1.29 is 33.5 Å². The van der Waals surface area contributed by atoms with Crippen molar-refractivity contribution in [1.82, 2.24) is 0 Å². The summed E-state index contributed by atoms with van der Waals surface area (Å²) >= 11 is 0. The molecular formula is C43H41N5O8. The van der Waals surface area contributed by atoms with E-state index in [-0.39, 0.29) is 37.0 Å². The van der Waals surface area contributed by atoms with E-state index in [4.69, 9.17) is 18.9 Å². The number of fused-ring (bicyclic) bond motifs is 5. The van der Waals surface area contributed by atoms with E-state index in [1.165, 1.54) is 43.2 Å². The Morgan fingerprint density at radius 2 is 1.57 bits per heavy atom. The Labute approximate surface area is 323 Å². The van der Waals surface area contributed by atoms with Gasteiger partial charge in [-0.3, -0.25) is 24.6 Å². The van der Waals surface area contributed by atoms with Gasteiger partial charge in [-0.25, -0.2) is 0 Å². The Balaban J connectivity index is 0.984. The van der Waals surface area contributed by atoms with Gasteiger partial charge in [0.2, 0.25) is 0 Å². The molecule has 3 aliphatic heterocycles. The number of amides is 1. The highest BCUT2D eigenvalue weighted by Crippen LogP contribution is 2.43. The number of hydrogen-bond acceptors (Lipinski definition) is 11. The molecule has 286 valence electrons. The summed E-state index contributed by atoms with van der Waals surface area (Å²) in [4.78, 5) is 41.4. The van der Waals surface area contributed by atoms with Crippen LogP contribution in [0.3, 0.4) is 0 Å². The van der Waals surface area contributed by atoms with Crippen molar-refractivity contribution in [2.45, 2.75) is 45.2 Å². The number of nitro benzene ring substituents is 1. The van der Waals surface area contributed by atoms with Crippen molar-refractivity contribution in [1.29, 1.82) is 0 Å². The van der Waals surface area contributed by atoms with Gasteiger partial charge in [0.1, 0.15) is 19.4 Å². The zero-order chi connectivity index (χ0) is 39.1. The predicted molar refractivity (Wildman–Crippen MR) is 213 cm³/mol. The molecule has 2 atom stereocenters. The van der Waals surface area contributed by atoms with Crippen LogP contribution in [0.4, 0.5) is 28.4 Å². The van der Waals surface area contributed by atoms with Crippen LogP contribution in [-0.4, -0.2) is 57.1 Å². The summed E-state index contributed by atoms with van der Waals surface area (Å²) in [5.41, 5.74) is 8.75. The molecule has 0 aromatic heterocycles. The van der Waals surface area contributed by atoms with E-state index in [9.17, 15) is 19.7 Å². The van der Waals surface area contributed by atoms with E-state index < -0.39 is 4.92 Å². The number of hydrogen-bond donors (Lipinski definition) is 2. The van der Waals surface area contributed by atoms with E-state index in [1.807, 2.05) is 24.3 Å². The van der Waals surface area contributed by atoms with Crippen LogP contribution in [-0.2, 0) is 26.1 Å². The molecule has 3 aliphatic rings. The molecule has 0 saturated heterocycles. The van der Waals surface area contributed by atoms with Crippen LogP contribution >= 0.6 is 0 Å². The zero-order valence-corrected chi connectivity index (χ0v) is 31.5. The van der Waals surface area contributed by atoms with Gasteiger partial charge in [0.05, 0.1) is 36.4 Å². The molecule has 0 bridgehead atoms.